The van der Waals surface area contributed by atoms with E-state index in [0.29, 0.717) is 5.95 Å². The molecule has 1 N–H and O–H groups in total. The monoisotopic (exact) mass is 296 g/mol. The van der Waals surface area contributed by atoms with Gasteiger partial charge in [0.1, 0.15) is 0 Å². The molecule has 4 heteroatoms. The van der Waals surface area contributed by atoms with Gasteiger partial charge in [-0.3, -0.25) is 0 Å². The number of benzene rings is 1. The molecule has 2 rings (SSSR count). The van der Waals surface area contributed by atoms with Crippen molar-refractivity contribution in [2.45, 2.75) is 47.0 Å². The quantitative estimate of drug-likeness (QED) is 0.644. The van der Waals surface area contributed by atoms with Crippen LogP contribution in [0.4, 0.5) is 5.95 Å². The van der Waals surface area contributed by atoms with Crippen molar-refractivity contribution in [3.63, 3.8) is 0 Å². The molecule has 0 saturated carbocycles. The maximum atomic E-state index is 4.44. The van der Waals surface area contributed by atoms with Gasteiger partial charge in [-0.25, -0.2) is 15.4 Å². The first-order valence-corrected chi connectivity index (χ1v) is 7.86. The van der Waals surface area contributed by atoms with Crippen molar-refractivity contribution in [1.29, 1.82) is 0 Å². The fourth-order valence-electron chi connectivity index (χ4n) is 2.30. The van der Waals surface area contributed by atoms with Gasteiger partial charge in [0.25, 0.3) is 0 Å². The number of hydrogen-bond acceptors (Lipinski definition) is 4. The molecule has 0 spiro atoms. The zero-order chi connectivity index (χ0) is 15.9. The Labute approximate surface area is 132 Å². The van der Waals surface area contributed by atoms with Crippen LogP contribution in [-0.4, -0.2) is 15.7 Å². The Hall–Kier alpha value is -2.23. The zero-order valence-corrected chi connectivity index (χ0v) is 13.8. The molecule has 0 saturated heterocycles. The summed E-state index contributed by atoms with van der Waals surface area (Å²) in [6.45, 7) is 8.24. The highest BCUT2D eigenvalue weighted by atomic mass is 15.4. The van der Waals surface area contributed by atoms with Crippen molar-refractivity contribution >= 4 is 11.7 Å². The summed E-state index contributed by atoms with van der Waals surface area (Å²) in [6, 6.07) is 10.5. The Morgan fingerprint density at radius 3 is 2.73 bits per heavy atom. The van der Waals surface area contributed by atoms with Crippen molar-refractivity contribution in [2.75, 3.05) is 5.43 Å². The number of nitrogens with zero attached hydrogens (tertiary/aromatic N) is 3. The summed E-state index contributed by atoms with van der Waals surface area (Å²) in [7, 11) is 0. The molecular weight excluding hydrogens is 272 g/mol. The van der Waals surface area contributed by atoms with Crippen LogP contribution >= 0.6 is 0 Å². The van der Waals surface area contributed by atoms with Gasteiger partial charge in [0, 0.05) is 11.4 Å². The Kier molecular flexibility index (Phi) is 5.64. The lowest BCUT2D eigenvalue weighted by molar-refractivity contribution is 0.921. The fraction of sp³-hybridized carbons (Fsp3) is 0.389. The summed E-state index contributed by atoms with van der Waals surface area (Å²) in [5.41, 5.74) is 8.35. The first-order chi connectivity index (χ1) is 10.6. The molecule has 1 aromatic heterocycles. The maximum Gasteiger partial charge on any atom is 0.243 e. The molecule has 4 nitrogen and oxygen atoms in total. The summed E-state index contributed by atoms with van der Waals surface area (Å²) in [4.78, 5) is 8.80. The number of hydrazone groups is 1. The second kappa shape index (κ2) is 7.69. The molecule has 0 unspecified atom stereocenters. The third-order valence-corrected chi connectivity index (χ3v) is 3.48. The summed E-state index contributed by atoms with van der Waals surface area (Å²) in [5, 5.41) is 4.42. The Balaban J connectivity index is 2.15. The second-order valence-electron chi connectivity index (χ2n) is 5.44. The van der Waals surface area contributed by atoms with Crippen LogP contribution in [0.5, 0.6) is 0 Å². The molecule has 0 amide bonds. The number of anilines is 1. The van der Waals surface area contributed by atoms with Gasteiger partial charge in [-0.2, -0.15) is 5.10 Å². The van der Waals surface area contributed by atoms with Crippen molar-refractivity contribution in [2.24, 2.45) is 5.10 Å². The SMILES string of the molecule is CCCc1cccc(C(C)=NNc2nc(C)cc(CC)n2)c1. The molecular formula is C18H24N4. The molecule has 22 heavy (non-hydrogen) atoms. The van der Waals surface area contributed by atoms with Gasteiger partial charge in [-0.15, -0.1) is 0 Å². The Bertz CT molecular complexity index is 662. The predicted molar refractivity (Wildman–Crippen MR) is 92.4 cm³/mol. The molecule has 0 radical (unpaired) electrons. The minimum atomic E-state index is 0.556. The number of aromatic nitrogens is 2. The molecule has 0 bridgehead atoms. The van der Waals surface area contributed by atoms with E-state index in [0.717, 1.165) is 41.9 Å². The van der Waals surface area contributed by atoms with Crippen LogP contribution in [-0.2, 0) is 12.8 Å². The molecule has 0 fully saturated rings. The number of aryl methyl sites for hydroxylation is 3. The number of rotatable bonds is 6. The molecule has 1 aromatic carbocycles. The van der Waals surface area contributed by atoms with E-state index in [1.807, 2.05) is 19.9 Å². The van der Waals surface area contributed by atoms with Gasteiger partial charge >= 0.3 is 0 Å². The van der Waals surface area contributed by atoms with Crippen LogP contribution in [0.25, 0.3) is 0 Å². The lowest BCUT2D eigenvalue weighted by Crippen LogP contribution is -2.05. The van der Waals surface area contributed by atoms with Crippen LogP contribution in [0.1, 0.15) is 49.7 Å². The van der Waals surface area contributed by atoms with Gasteiger partial charge < -0.3 is 0 Å². The number of hydrogen-bond donors (Lipinski definition) is 1. The van der Waals surface area contributed by atoms with Crippen molar-refractivity contribution in [1.82, 2.24) is 9.97 Å². The molecule has 0 aliphatic rings. The minimum absolute atomic E-state index is 0.556. The largest absolute Gasteiger partial charge is 0.245 e. The molecule has 0 atom stereocenters. The predicted octanol–water partition coefficient (Wildman–Crippen LogP) is 4.14. The molecule has 1 heterocycles. The van der Waals surface area contributed by atoms with E-state index in [-0.39, 0.29) is 0 Å². The van der Waals surface area contributed by atoms with E-state index in [9.17, 15) is 0 Å². The summed E-state index contributed by atoms with van der Waals surface area (Å²) in [6.07, 6.45) is 3.13. The third-order valence-electron chi connectivity index (χ3n) is 3.48. The van der Waals surface area contributed by atoms with Gasteiger partial charge in [0.05, 0.1) is 5.71 Å². The van der Waals surface area contributed by atoms with Gasteiger partial charge in [-0.05, 0) is 49.9 Å². The van der Waals surface area contributed by atoms with E-state index in [1.54, 1.807) is 0 Å². The highest BCUT2D eigenvalue weighted by molar-refractivity contribution is 5.99. The van der Waals surface area contributed by atoms with Gasteiger partial charge in [-0.1, -0.05) is 38.5 Å². The Morgan fingerprint density at radius 2 is 2.00 bits per heavy atom. The molecule has 116 valence electrons. The van der Waals surface area contributed by atoms with E-state index >= 15 is 0 Å². The first kappa shape index (κ1) is 16.1. The third kappa shape index (κ3) is 4.38. The summed E-state index contributed by atoms with van der Waals surface area (Å²) >= 11 is 0. The average molecular weight is 296 g/mol. The van der Waals surface area contributed by atoms with Crippen molar-refractivity contribution in [3.8, 4) is 0 Å². The van der Waals surface area contributed by atoms with Crippen LogP contribution in [0.2, 0.25) is 0 Å². The van der Waals surface area contributed by atoms with Crippen molar-refractivity contribution < 1.29 is 0 Å². The summed E-state index contributed by atoms with van der Waals surface area (Å²) in [5.74, 6) is 0.556. The van der Waals surface area contributed by atoms with E-state index in [2.05, 4.69) is 58.6 Å². The highest BCUT2D eigenvalue weighted by Crippen LogP contribution is 2.10. The van der Waals surface area contributed by atoms with Crippen LogP contribution in [0, 0.1) is 6.92 Å². The summed E-state index contributed by atoms with van der Waals surface area (Å²) < 4.78 is 0. The van der Waals surface area contributed by atoms with Crippen LogP contribution in [0.3, 0.4) is 0 Å². The van der Waals surface area contributed by atoms with Crippen LogP contribution in [0.15, 0.2) is 35.4 Å². The van der Waals surface area contributed by atoms with Gasteiger partial charge in [0.2, 0.25) is 5.95 Å². The lowest BCUT2D eigenvalue weighted by Gasteiger charge is -2.06. The smallest absolute Gasteiger partial charge is 0.243 e. The lowest BCUT2D eigenvalue weighted by atomic mass is 10.0. The van der Waals surface area contributed by atoms with E-state index < -0.39 is 0 Å². The first-order valence-electron chi connectivity index (χ1n) is 7.86. The second-order valence-corrected chi connectivity index (χ2v) is 5.44. The fourth-order valence-corrected chi connectivity index (χ4v) is 2.30. The standard InChI is InChI=1S/C18H24N4/c1-5-8-15-9-7-10-16(12-15)14(4)21-22-18-19-13(3)11-17(6-2)20-18/h7,9-12H,5-6,8H2,1-4H3,(H,19,20,22). The van der Waals surface area contributed by atoms with E-state index in [4.69, 9.17) is 0 Å². The molecule has 0 aliphatic carbocycles. The number of nitrogens with one attached hydrogen (secondary N) is 1. The highest BCUT2D eigenvalue weighted by Gasteiger charge is 2.02. The molecule has 0 aliphatic heterocycles. The normalized spacial score (nSPS) is 11.5. The average Bonchev–Trinajstić information content (AvgIpc) is 2.52. The minimum Gasteiger partial charge on any atom is -0.245 e. The molecule has 2 aromatic rings. The maximum absolute atomic E-state index is 4.44. The Morgan fingerprint density at radius 1 is 1.18 bits per heavy atom. The van der Waals surface area contributed by atoms with Crippen molar-refractivity contribution in [3.05, 3.63) is 52.8 Å². The zero-order valence-electron chi connectivity index (χ0n) is 13.8. The van der Waals surface area contributed by atoms with E-state index in [1.165, 1.54) is 5.56 Å². The van der Waals surface area contributed by atoms with Crippen LogP contribution < -0.4 is 5.43 Å². The van der Waals surface area contributed by atoms with Gasteiger partial charge in [0.15, 0.2) is 0 Å². The topological polar surface area (TPSA) is 50.2 Å².